The van der Waals surface area contributed by atoms with E-state index in [1.165, 1.54) is 24.3 Å². The minimum atomic E-state index is -0.421. The van der Waals surface area contributed by atoms with Gasteiger partial charge in [0.25, 0.3) is 5.91 Å². The molecular formula is C20H20FN3O2S2. The van der Waals surface area contributed by atoms with E-state index in [0.29, 0.717) is 5.56 Å². The van der Waals surface area contributed by atoms with Crippen molar-refractivity contribution >= 4 is 45.1 Å². The van der Waals surface area contributed by atoms with Crippen LogP contribution in [0.15, 0.2) is 48.5 Å². The number of benzene rings is 2. The minimum absolute atomic E-state index is 0.156. The third-order valence-corrected chi connectivity index (χ3v) is 5.86. The normalized spacial score (nSPS) is 11.9. The van der Waals surface area contributed by atoms with Crippen LogP contribution in [0.5, 0.6) is 0 Å². The van der Waals surface area contributed by atoms with Gasteiger partial charge in [-0.1, -0.05) is 12.1 Å². The summed E-state index contributed by atoms with van der Waals surface area (Å²) in [6, 6.07) is 12.8. The van der Waals surface area contributed by atoms with E-state index in [-0.39, 0.29) is 18.5 Å². The van der Waals surface area contributed by atoms with Crippen LogP contribution in [0.3, 0.4) is 0 Å². The lowest BCUT2D eigenvalue weighted by atomic mass is 10.2. The number of hydrogen-bond acceptors (Lipinski definition) is 5. The van der Waals surface area contributed by atoms with Crippen LogP contribution in [0.2, 0.25) is 0 Å². The van der Waals surface area contributed by atoms with Crippen LogP contribution in [-0.4, -0.2) is 35.4 Å². The maximum Gasteiger partial charge on any atom is 0.251 e. The maximum absolute atomic E-state index is 12.9. The number of carbonyl (C=O) groups excluding carboxylic acids is 2. The highest BCUT2D eigenvalue weighted by atomic mass is 32.2. The van der Waals surface area contributed by atoms with E-state index < -0.39 is 11.7 Å². The Morgan fingerprint density at radius 3 is 2.64 bits per heavy atom. The van der Waals surface area contributed by atoms with Crippen LogP contribution >= 0.6 is 23.1 Å². The molecule has 0 bridgehead atoms. The van der Waals surface area contributed by atoms with Crippen LogP contribution in [0.4, 0.5) is 4.39 Å². The quantitative estimate of drug-likeness (QED) is 0.585. The number of amides is 2. The standard InChI is InChI=1S/C20H20FN3O2S2/c1-27-11-10-16(20-24-15-4-2-3-5-17(15)28-20)23-18(25)12-22-19(26)13-6-8-14(21)9-7-13/h2-9,16H,10-12H2,1H3,(H,22,26)(H,23,25). The summed E-state index contributed by atoms with van der Waals surface area (Å²) in [6.07, 6.45) is 2.76. The van der Waals surface area contributed by atoms with Crippen LogP contribution < -0.4 is 10.6 Å². The van der Waals surface area contributed by atoms with Crippen molar-refractivity contribution in [2.75, 3.05) is 18.6 Å². The number of halogens is 1. The molecule has 0 saturated heterocycles. The zero-order valence-electron chi connectivity index (χ0n) is 15.3. The smallest absolute Gasteiger partial charge is 0.251 e. The largest absolute Gasteiger partial charge is 0.345 e. The summed E-state index contributed by atoms with van der Waals surface area (Å²) in [6.45, 7) is -0.156. The fourth-order valence-corrected chi connectivity index (χ4v) is 4.17. The molecule has 0 spiro atoms. The summed E-state index contributed by atoms with van der Waals surface area (Å²) in [5.74, 6) is -0.249. The van der Waals surface area contributed by atoms with Gasteiger partial charge in [-0.3, -0.25) is 9.59 Å². The number of thioether (sulfide) groups is 1. The molecule has 0 saturated carbocycles. The summed E-state index contributed by atoms with van der Waals surface area (Å²) in [5, 5.41) is 6.38. The van der Waals surface area contributed by atoms with E-state index in [2.05, 4.69) is 15.6 Å². The van der Waals surface area contributed by atoms with Gasteiger partial charge in [-0.15, -0.1) is 11.3 Å². The highest BCUT2D eigenvalue weighted by Gasteiger charge is 2.19. The first kappa shape index (κ1) is 20.3. The van der Waals surface area contributed by atoms with Crippen LogP contribution in [0.25, 0.3) is 10.2 Å². The molecule has 0 radical (unpaired) electrons. The van der Waals surface area contributed by atoms with Gasteiger partial charge >= 0.3 is 0 Å². The molecule has 2 amide bonds. The zero-order valence-corrected chi connectivity index (χ0v) is 16.9. The Morgan fingerprint density at radius 1 is 1.18 bits per heavy atom. The topological polar surface area (TPSA) is 71.1 Å². The average molecular weight is 418 g/mol. The first-order chi connectivity index (χ1) is 13.6. The van der Waals surface area contributed by atoms with Crippen LogP contribution in [0, 0.1) is 5.82 Å². The predicted octanol–water partition coefficient (Wildman–Crippen LogP) is 3.78. The molecule has 0 fully saturated rings. The number of aromatic nitrogens is 1. The zero-order chi connectivity index (χ0) is 19.9. The van der Waals surface area contributed by atoms with Crippen LogP contribution in [-0.2, 0) is 4.79 Å². The number of rotatable bonds is 8. The Hall–Kier alpha value is -2.45. The monoisotopic (exact) mass is 417 g/mol. The number of nitrogens with zero attached hydrogens (tertiary/aromatic N) is 1. The van der Waals surface area contributed by atoms with Crippen molar-refractivity contribution in [1.29, 1.82) is 0 Å². The lowest BCUT2D eigenvalue weighted by Crippen LogP contribution is -2.38. The number of nitrogens with one attached hydrogen (secondary N) is 2. The van der Waals surface area contributed by atoms with Crippen molar-refractivity contribution in [3.8, 4) is 0 Å². The highest BCUT2D eigenvalue weighted by molar-refractivity contribution is 7.98. The van der Waals surface area contributed by atoms with Crippen molar-refractivity contribution in [3.63, 3.8) is 0 Å². The van der Waals surface area contributed by atoms with E-state index in [1.807, 2.05) is 30.5 Å². The van der Waals surface area contributed by atoms with Gasteiger partial charge in [0, 0.05) is 5.56 Å². The number of carbonyl (C=O) groups is 2. The lowest BCUT2D eigenvalue weighted by Gasteiger charge is -2.16. The molecule has 1 aromatic heterocycles. The molecule has 3 rings (SSSR count). The molecule has 0 aliphatic carbocycles. The summed E-state index contributed by atoms with van der Waals surface area (Å²) in [4.78, 5) is 29.1. The Labute approximate surface area is 170 Å². The molecule has 8 heteroatoms. The van der Waals surface area contributed by atoms with Crippen molar-refractivity contribution in [3.05, 3.63) is 64.9 Å². The fraction of sp³-hybridized carbons (Fsp3) is 0.250. The summed E-state index contributed by atoms with van der Waals surface area (Å²) in [7, 11) is 0. The van der Waals surface area contributed by atoms with E-state index >= 15 is 0 Å². The van der Waals surface area contributed by atoms with Gasteiger partial charge in [0.05, 0.1) is 22.8 Å². The first-order valence-electron chi connectivity index (χ1n) is 8.74. The molecule has 1 unspecified atom stereocenters. The molecule has 2 N–H and O–H groups in total. The Bertz CT molecular complexity index is 926. The van der Waals surface area contributed by atoms with Gasteiger partial charge in [-0.05, 0) is 54.8 Å². The molecule has 1 atom stereocenters. The molecule has 28 heavy (non-hydrogen) atoms. The van der Waals surface area contributed by atoms with Crippen molar-refractivity contribution in [1.82, 2.24) is 15.6 Å². The molecule has 5 nitrogen and oxygen atoms in total. The van der Waals surface area contributed by atoms with E-state index in [9.17, 15) is 14.0 Å². The van der Waals surface area contributed by atoms with Gasteiger partial charge in [-0.2, -0.15) is 11.8 Å². The third-order valence-electron chi connectivity index (χ3n) is 4.07. The number of fused-ring (bicyclic) bond motifs is 1. The summed E-state index contributed by atoms with van der Waals surface area (Å²) in [5.41, 5.74) is 1.22. The van der Waals surface area contributed by atoms with Gasteiger partial charge in [0.2, 0.25) is 5.91 Å². The van der Waals surface area contributed by atoms with E-state index in [4.69, 9.17) is 0 Å². The number of thiazole rings is 1. The van der Waals surface area contributed by atoms with Gasteiger partial charge in [-0.25, -0.2) is 9.37 Å². The average Bonchev–Trinajstić information content (AvgIpc) is 3.14. The second kappa shape index (κ2) is 9.66. The molecule has 3 aromatic rings. The molecule has 2 aromatic carbocycles. The Kier molecular flexibility index (Phi) is 7.00. The summed E-state index contributed by atoms with van der Waals surface area (Å²) >= 11 is 3.26. The van der Waals surface area contributed by atoms with Gasteiger partial charge in [0.15, 0.2) is 0 Å². The predicted molar refractivity (Wildman–Crippen MR) is 112 cm³/mol. The lowest BCUT2D eigenvalue weighted by molar-refractivity contribution is -0.120. The molecule has 1 heterocycles. The second-order valence-corrected chi connectivity index (χ2v) is 8.16. The Morgan fingerprint density at radius 2 is 1.93 bits per heavy atom. The van der Waals surface area contributed by atoms with Crippen LogP contribution in [0.1, 0.15) is 27.8 Å². The Balaban J connectivity index is 1.62. The van der Waals surface area contributed by atoms with Gasteiger partial charge < -0.3 is 10.6 Å². The SMILES string of the molecule is CSCCC(NC(=O)CNC(=O)c1ccc(F)cc1)c1nc2ccccc2s1. The summed E-state index contributed by atoms with van der Waals surface area (Å²) < 4.78 is 14.0. The second-order valence-electron chi connectivity index (χ2n) is 6.11. The molecular weight excluding hydrogens is 397 g/mol. The van der Waals surface area contributed by atoms with Crippen molar-refractivity contribution in [2.24, 2.45) is 0 Å². The third kappa shape index (κ3) is 5.30. The maximum atomic E-state index is 12.9. The molecule has 0 aliphatic rings. The van der Waals surface area contributed by atoms with Crippen molar-refractivity contribution < 1.29 is 14.0 Å². The highest BCUT2D eigenvalue weighted by Crippen LogP contribution is 2.28. The van der Waals surface area contributed by atoms with Crippen molar-refractivity contribution in [2.45, 2.75) is 12.5 Å². The van der Waals surface area contributed by atoms with E-state index in [1.54, 1.807) is 23.1 Å². The van der Waals surface area contributed by atoms with E-state index in [0.717, 1.165) is 27.4 Å². The first-order valence-corrected chi connectivity index (χ1v) is 11.0. The van der Waals surface area contributed by atoms with Gasteiger partial charge in [0.1, 0.15) is 10.8 Å². The molecule has 0 aliphatic heterocycles. The number of para-hydroxylation sites is 1. The number of hydrogen-bond donors (Lipinski definition) is 2. The minimum Gasteiger partial charge on any atom is -0.345 e. The molecule has 146 valence electrons. The fourth-order valence-electron chi connectivity index (χ4n) is 2.64.